The lowest BCUT2D eigenvalue weighted by molar-refractivity contribution is -0.119. The summed E-state index contributed by atoms with van der Waals surface area (Å²) in [5.41, 5.74) is 33.6. The second-order valence-electron chi connectivity index (χ2n) is 34.0. The molecular weight excluding hydrogens is 1600 g/mol. The number of anilines is 9. The van der Waals surface area contributed by atoms with Gasteiger partial charge < -0.3 is 43.9 Å². The Morgan fingerprint density at radius 3 is 1.02 bits per heavy atom. The van der Waals surface area contributed by atoms with E-state index < -0.39 is 0 Å². The number of ether oxygens (including phenoxy) is 1. The molecule has 18 heterocycles. The van der Waals surface area contributed by atoms with E-state index in [1.165, 1.54) is 102 Å². The lowest BCUT2D eigenvalue weighted by Crippen LogP contribution is -2.42. The van der Waals surface area contributed by atoms with Crippen LogP contribution in [0.5, 0.6) is 0 Å². The van der Waals surface area contributed by atoms with E-state index in [-0.39, 0.29) is 47.3 Å². The summed E-state index contributed by atoms with van der Waals surface area (Å²) in [6, 6.07) is 53.5. The molecule has 22 nitrogen and oxygen atoms in total. The molecule has 0 atom stereocenters. The van der Waals surface area contributed by atoms with E-state index in [9.17, 15) is 37.5 Å². The summed E-state index contributed by atoms with van der Waals surface area (Å²) in [5.74, 6) is 0.368. The van der Waals surface area contributed by atoms with Crippen molar-refractivity contribution in [2.24, 2.45) is 0 Å². The van der Waals surface area contributed by atoms with Crippen molar-refractivity contribution in [3.05, 3.63) is 294 Å². The Hall–Kier alpha value is -14.9. The molecule has 12 aliphatic rings. The molecule has 14 aromatic rings. The summed E-state index contributed by atoms with van der Waals surface area (Å²) in [7, 11) is 5.89. The van der Waals surface area contributed by atoms with E-state index in [2.05, 4.69) is 138 Å². The highest BCUT2D eigenvalue weighted by Crippen LogP contribution is 2.49. The summed E-state index contributed by atoms with van der Waals surface area (Å²) in [4.78, 5) is 114. The number of benzene rings is 8. The number of cyclic esters (lactones) is 1. The number of aryl methyl sites for hydroxylation is 2. The van der Waals surface area contributed by atoms with Crippen LogP contribution in [0.2, 0.25) is 0 Å². The molecule has 12 aliphatic heterocycles. The summed E-state index contributed by atoms with van der Waals surface area (Å²) in [6.45, 7) is 6.33. The van der Waals surface area contributed by atoms with Crippen molar-refractivity contribution in [3.8, 4) is 66.8 Å². The number of nitrogens with zero attached hydrogens (tertiary/aromatic N) is 15. The average molecular weight is 1680 g/mol. The van der Waals surface area contributed by atoms with Gasteiger partial charge in [-0.15, -0.1) is 0 Å². The Morgan fingerprint density at radius 2 is 0.598 bits per heavy atom. The number of likely N-dealkylation sites (N-methyl/N-ethyl adjacent to an activating group) is 3. The Bertz CT molecular complexity index is 6900. The molecule has 0 saturated heterocycles. The van der Waals surface area contributed by atoms with Gasteiger partial charge in [0.15, 0.2) is 0 Å². The molecule has 127 heavy (non-hydrogen) atoms. The highest BCUT2D eigenvalue weighted by Gasteiger charge is 2.40. The van der Waals surface area contributed by atoms with Gasteiger partial charge in [0.05, 0.1) is 83.2 Å². The number of fused-ring (bicyclic) bond motifs is 2. The minimum absolute atomic E-state index is 0.143. The fourth-order valence-electron chi connectivity index (χ4n) is 20.3. The maximum atomic E-state index is 13.4. The van der Waals surface area contributed by atoms with Gasteiger partial charge in [0, 0.05) is 185 Å². The molecule has 8 aromatic carbocycles. The largest absolute Gasteiger partial charge is 0.444 e. The third kappa shape index (κ3) is 14.7. The van der Waals surface area contributed by atoms with Gasteiger partial charge in [-0.1, -0.05) is 60.7 Å². The molecule has 0 radical (unpaired) electrons. The van der Waals surface area contributed by atoms with Crippen LogP contribution in [0.25, 0.3) is 88.3 Å². The van der Waals surface area contributed by atoms with Crippen molar-refractivity contribution in [1.29, 1.82) is 0 Å². The zero-order chi connectivity index (χ0) is 86.4. The number of halogens is 2. The molecule has 6 amide bonds. The van der Waals surface area contributed by atoms with Crippen molar-refractivity contribution < 1.29 is 42.3 Å². The lowest BCUT2D eigenvalue weighted by atomic mass is 9.92. The first-order valence-electron chi connectivity index (χ1n) is 43.2. The SMILES string of the molecule is CN1CC(=O)N2CCc3cc(-c4cccnc4)cc1c32.CN1CC(=O)N2CCc3cc(-c4cncc(F)c4)cc1c32.CN1CC(=O)N2CCc3cc(-c4cncc5ccccc45)cc1c32.O=C1CCc2cc(-c3cncc(F)c3)cc3c2N1CC3.O=C1CCc2cc(-c3cncc4ccccc34)cc3c2N1CC3.O=C1OCc2cc(-c3cccnc3)cc3c2N1CC3. The van der Waals surface area contributed by atoms with Gasteiger partial charge in [0.2, 0.25) is 29.5 Å². The van der Waals surface area contributed by atoms with Crippen molar-refractivity contribution in [2.75, 3.05) is 124 Å². The number of carbonyl (C=O) groups excluding carboxylic acids is 6. The maximum absolute atomic E-state index is 13.4. The van der Waals surface area contributed by atoms with Crippen molar-refractivity contribution >= 4 is 108 Å². The summed E-state index contributed by atoms with van der Waals surface area (Å²) in [5, 5.41) is 4.76. The number of carbonyl (C=O) groups is 6. The van der Waals surface area contributed by atoms with Gasteiger partial charge in [0.25, 0.3) is 0 Å². The molecule has 6 aromatic heterocycles. The van der Waals surface area contributed by atoms with E-state index >= 15 is 0 Å². The molecule has 0 bridgehead atoms. The highest BCUT2D eigenvalue weighted by atomic mass is 19.1. The molecule has 0 N–H and O–H groups in total. The average Bonchev–Trinajstić information content (AvgIpc) is 1.66. The minimum Gasteiger partial charge on any atom is -0.444 e. The Morgan fingerprint density at radius 1 is 0.276 bits per heavy atom. The maximum Gasteiger partial charge on any atom is 0.414 e. The first-order chi connectivity index (χ1) is 61.9. The zero-order valence-corrected chi connectivity index (χ0v) is 70.4. The number of amides is 6. The Balaban J connectivity index is 0.0000000930. The standard InChI is InChI=1S/C20H17N3O.C20H16N2O.C16H14FN3O.C16H13FN2O.C16H15N3O.C15H12N2O2/c1-22-12-19(24)23-7-6-13-8-15(9-18(22)20(13)23)17-11-21-10-14-4-2-3-5-16(14)17;23-19-6-5-13-9-16(10-14-7-8-22(19)20(13)14)18-12-21-11-15-3-1-2-4-17(15)18;1-19-9-15(21)20-3-2-10-4-11(6-14(19)16(10)20)12-5-13(17)8-18-7-12;17-14-7-13(8-18-9-14)12-5-10-1-2-15(20)19-4-3-11(6-12)16(10)19;1-18-10-15(20)19-6-4-11-7-13(8-14(18)16(11)19)12-3-2-5-17-9-12;18-15-17-5-3-10-6-12(11-2-1-4-16-8-11)7-13(9-19-15)14(10)17/h2-5,8-11H,6-7,12H2,1H3;1-4,9-12H,5-8H2;4-8H,2-3,9H2,1H3;5-9H,1-4H2;2-3,5,7-9H,4,6,10H2,1H3;1-2,4,6-8H,3,5,9H2. The van der Waals surface area contributed by atoms with E-state index in [0.717, 1.165) is 203 Å². The second-order valence-corrected chi connectivity index (χ2v) is 34.0. The molecule has 630 valence electrons. The molecular formula is C103H87F2N15O7. The predicted octanol–water partition coefficient (Wildman–Crippen LogP) is 16.8. The normalized spacial score (nSPS) is 16.2. The third-order valence-corrected chi connectivity index (χ3v) is 26.2. The number of pyridine rings is 6. The summed E-state index contributed by atoms with van der Waals surface area (Å²) >= 11 is 0. The minimum atomic E-state index is -0.341. The molecule has 24 heteroatoms. The van der Waals surface area contributed by atoms with Gasteiger partial charge in [-0.2, -0.15) is 0 Å². The van der Waals surface area contributed by atoms with Gasteiger partial charge in [-0.3, -0.25) is 58.8 Å². The van der Waals surface area contributed by atoms with Crippen LogP contribution in [0.15, 0.2) is 232 Å². The second kappa shape index (κ2) is 32.6. The molecule has 0 unspecified atom stereocenters. The van der Waals surface area contributed by atoms with Crippen LogP contribution < -0.4 is 44.1 Å². The van der Waals surface area contributed by atoms with E-state index in [4.69, 9.17) is 4.74 Å². The van der Waals surface area contributed by atoms with Crippen LogP contribution in [-0.4, -0.2) is 146 Å². The number of aromatic nitrogens is 6. The van der Waals surface area contributed by atoms with Crippen LogP contribution in [0.4, 0.5) is 64.8 Å². The van der Waals surface area contributed by atoms with E-state index in [1.54, 1.807) is 29.7 Å². The van der Waals surface area contributed by atoms with Crippen LogP contribution in [0.1, 0.15) is 62.9 Å². The first kappa shape index (κ1) is 79.3. The molecule has 0 spiro atoms. The van der Waals surface area contributed by atoms with Gasteiger partial charge in [-0.05, 0) is 237 Å². The first-order valence-corrected chi connectivity index (χ1v) is 43.2. The summed E-state index contributed by atoms with van der Waals surface area (Å²) in [6.07, 6.45) is 28.8. The van der Waals surface area contributed by atoms with Crippen molar-refractivity contribution in [3.63, 3.8) is 0 Å². The molecule has 0 fully saturated rings. The van der Waals surface area contributed by atoms with Gasteiger partial charge >= 0.3 is 6.09 Å². The lowest BCUT2D eigenvalue weighted by Gasteiger charge is -2.33. The van der Waals surface area contributed by atoms with E-state index in [1.807, 2.05) is 135 Å². The quantitative estimate of drug-likeness (QED) is 0.151. The monoisotopic (exact) mass is 1680 g/mol. The fraction of sp³-hybridized carbons (Fsp3) is 0.223. The summed E-state index contributed by atoms with van der Waals surface area (Å²) < 4.78 is 31.9. The fourth-order valence-corrected chi connectivity index (χ4v) is 20.3. The van der Waals surface area contributed by atoms with Crippen LogP contribution in [0, 0.1) is 11.6 Å². The topological polar surface area (TPSA) is 218 Å². The molecule has 26 rings (SSSR count). The van der Waals surface area contributed by atoms with E-state index in [0.29, 0.717) is 39.1 Å². The molecule has 0 saturated carbocycles. The Labute approximate surface area is 732 Å². The zero-order valence-electron chi connectivity index (χ0n) is 70.4. The third-order valence-electron chi connectivity index (χ3n) is 26.2. The highest BCUT2D eigenvalue weighted by molar-refractivity contribution is 6.10. The van der Waals surface area contributed by atoms with Crippen molar-refractivity contribution in [1.82, 2.24) is 29.9 Å². The van der Waals surface area contributed by atoms with Gasteiger partial charge in [-0.25, -0.2) is 13.6 Å². The van der Waals surface area contributed by atoms with Gasteiger partial charge in [0.1, 0.15) is 18.2 Å². The van der Waals surface area contributed by atoms with Crippen LogP contribution in [0.3, 0.4) is 0 Å². The Kier molecular flexibility index (Phi) is 20.4. The number of rotatable bonds is 6. The molecule has 0 aliphatic carbocycles. The number of hydrogen-bond acceptors (Lipinski definition) is 16. The van der Waals surface area contributed by atoms with Crippen molar-refractivity contribution in [2.45, 2.75) is 70.8 Å². The van der Waals surface area contributed by atoms with Crippen LogP contribution in [-0.2, 0) is 86.7 Å². The van der Waals surface area contributed by atoms with Crippen LogP contribution >= 0.6 is 0 Å². The smallest absolute Gasteiger partial charge is 0.414 e. The number of hydrogen-bond donors (Lipinski definition) is 0. The predicted molar refractivity (Wildman–Crippen MR) is 491 cm³/mol.